The van der Waals surface area contributed by atoms with Crippen LogP contribution in [0.25, 0.3) is 0 Å². The normalized spacial score (nSPS) is 11.8. The monoisotopic (exact) mass is 289 g/mol. The molecule has 0 aliphatic rings. The van der Waals surface area contributed by atoms with Crippen molar-refractivity contribution in [2.45, 2.75) is 26.2 Å². The topological polar surface area (TPSA) is 20.2 Å². The van der Waals surface area contributed by atoms with Crippen LogP contribution in [-0.2, 0) is 5.41 Å². The molecule has 0 aromatic heterocycles. The fourth-order valence-corrected chi connectivity index (χ4v) is 1.81. The molecule has 0 atom stereocenters. The van der Waals surface area contributed by atoms with Gasteiger partial charge in [-0.1, -0.05) is 26.8 Å². The van der Waals surface area contributed by atoms with Gasteiger partial charge in [0.15, 0.2) is 0 Å². The van der Waals surface area contributed by atoms with E-state index in [0.717, 1.165) is 15.7 Å². The van der Waals surface area contributed by atoms with Gasteiger partial charge in [0.25, 0.3) is 0 Å². The van der Waals surface area contributed by atoms with Gasteiger partial charge < -0.3 is 5.11 Å². The van der Waals surface area contributed by atoms with Crippen LogP contribution in [-0.4, -0.2) is 5.11 Å². The molecule has 0 aliphatic carbocycles. The van der Waals surface area contributed by atoms with Gasteiger partial charge in [-0.2, -0.15) is 0 Å². The molecule has 1 N–H and O–H groups in total. The van der Waals surface area contributed by atoms with E-state index in [-0.39, 0.29) is 5.41 Å². The van der Waals surface area contributed by atoms with Crippen molar-refractivity contribution in [2.24, 2.45) is 0 Å². The van der Waals surface area contributed by atoms with Crippen molar-refractivity contribution >= 4 is 22.6 Å². The van der Waals surface area contributed by atoms with Crippen molar-refractivity contribution < 1.29 is 5.11 Å². The summed E-state index contributed by atoms with van der Waals surface area (Å²) in [6.07, 6.45) is 0. The molecule has 0 fully saturated rings. The maximum Gasteiger partial charge on any atom is 0.109 e. The van der Waals surface area contributed by atoms with Crippen LogP contribution in [0.4, 0.5) is 0 Å². The zero-order chi connectivity index (χ0) is 10.1. The molecule has 0 saturated carbocycles. The van der Waals surface area contributed by atoms with Crippen LogP contribution in [0.3, 0.4) is 0 Å². The summed E-state index contributed by atoms with van der Waals surface area (Å²) in [6.45, 7) is 7.65. The Balaban J connectivity index is 3.16. The molecule has 1 aromatic carbocycles. The first-order valence-corrected chi connectivity index (χ1v) is 5.30. The first kappa shape index (κ1) is 11.0. The summed E-state index contributed by atoms with van der Waals surface area (Å²) in [6, 6.07) is 6.12. The van der Waals surface area contributed by atoms with Crippen LogP contribution in [0.2, 0.25) is 0 Å². The molecule has 1 aromatic rings. The van der Waals surface area contributed by atoms with Gasteiger partial charge in [-0.05, 0) is 51.3 Å². The predicted octanol–water partition coefficient (Wildman–Crippen LogP) is 3.47. The fraction of sp³-hybridized carbons (Fsp3) is 0.364. The molecule has 71 valence electrons. The molecular weight excluding hydrogens is 275 g/mol. The summed E-state index contributed by atoms with van der Waals surface area (Å²) in [5.74, 6) is 0. The van der Waals surface area contributed by atoms with E-state index in [1.807, 2.05) is 12.1 Å². The average Bonchev–Trinajstić information content (AvgIpc) is 2.01. The van der Waals surface area contributed by atoms with E-state index in [0.29, 0.717) is 0 Å². The molecule has 1 rings (SSSR count). The molecule has 1 radical (unpaired) electrons. The molecule has 1 nitrogen and oxygen atoms in total. The SMILES string of the molecule is CC(C)(C)c1cc(I)cc([CH]O)c1. The molecule has 0 heterocycles. The minimum absolute atomic E-state index is 0.138. The van der Waals surface area contributed by atoms with Gasteiger partial charge in [0, 0.05) is 3.57 Å². The zero-order valence-corrected chi connectivity index (χ0v) is 10.3. The second-order valence-electron chi connectivity index (χ2n) is 4.15. The largest absolute Gasteiger partial charge is 0.385 e. The van der Waals surface area contributed by atoms with Gasteiger partial charge in [-0.15, -0.1) is 0 Å². The van der Waals surface area contributed by atoms with Crippen molar-refractivity contribution in [3.05, 3.63) is 39.5 Å². The maximum absolute atomic E-state index is 8.92. The minimum atomic E-state index is 0.138. The Labute approximate surface area is 93.3 Å². The molecular formula is C11H14IO. The van der Waals surface area contributed by atoms with Crippen molar-refractivity contribution in [1.29, 1.82) is 0 Å². The van der Waals surface area contributed by atoms with Crippen molar-refractivity contribution in [1.82, 2.24) is 0 Å². The van der Waals surface area contributed by atoms with E-state index in [4.69, 9.17) is 5.11 Å². The number of rotatable bonds is 1. The van der Waals surface area contributed by atoms with Gasteiger partial charge in [0.05, 0.1) is 0 Å². The van der Waals surface area contributed by atoms with Gasteiger partial charge in [0.1, 0.15) is 6.61 Å². The fourth-order valence-electron chi connectivity index (χ4n) is 1.12. The Hall–Kier alpha value is -0.0900. The summed E-state index contributed by atoms with van der Waals surface area (Å²) < 4.78 is 1.16. The van der Waals surface area contributed by atoms with Gasteiger partial charge in [0.2, 0.25) is 0 Å². The van der Waals surface area contributed by atoms with Crippen molar-refractivity contribution in [3.63, 3.8) is 0 Å². The molecule has 2 heteroatoms. The highest BCUT2D eigenvalue weighted by Crippen LogP contribution is 2.25. The van der Waals surface area contributed by atoms with Crippen molar-refractivity contribution in [3.8, 4) is 0 Å². The average molecular weight is 289 g/mol. The Morgan fingerprint density at radius 2 is 1.85 bits per heavy atom. The lowest BCUT2D eigenvalue weighted by atomic mass is 9.86. The molecule has 0 spiro atoms. The second kappa shape index (κ2) is 3.96. The first-order chi connectivity index (χ1) is 5.93. The predicted molar refractivity (Wildman–Crippen MR) is 63.2 cm³/mol. The van der Waals surface area contributed by atoms with Crippen LogP contribution in [0.5, 0.6) is 0 Å². The number of aliphatic hydroxyl groups excluding tert-OH is 1. The highest BCUT2D eigenvalue weighted by atomic mass is 127. The lowest BCUT2D eigenvalue weighted by molar-refractivity contribution is 0.414. The zero-order valence-electron chi connectivity index (χ0n) is 8.13. The molecule has 0 saturated heterocycles. The van der Waals surface area contributed by atoms with E-state index >= 15 is 0 Å². The third-order valence-electron chi connectivity index (χ3n) is 1.94. The Bertz CT molecular complexity index is 299. The summed E-state index contributed by atoms with van der Waals surface area (Å²) in [5.41, 5.74) is 2.26. The van der Waals surface area contributed by atoms with E-state index in [1.165, 1.54) is 5.56 Å². The molecule has 13 heavy (non-hydrogen) atoms. The number of benzene rings is 1. The molecule has 0 unspecified atom stereocenters. The smallest absolute Gasteiger partial charge is 0.109 e. The highest BCUT2D eigenvalue weighted by Gasteiger charge is 2.14. The highest BCUT2D eigenvalue weighted by molar-refractivity contribution is 14.1. The summed E-state index contributed by atoms with van der Waals surface area (Å²) in [7, 11) is 0. The minimum Gasteiger partial charge on any atom is -0.385 e. The van der Waals surface area contributed by atoms with E-state index < -0.39 is 0 Å². The van der Waals surface area contributed by atoms with E-state index in [9.17, 15) is 0 Å². The van der Waals surface area contributed by atoms with Crippen LogP contribution in [0, 0.1) is 10.2 Å². The number of halogens is 1. The first-order valence-electron chi connectivity index (χ1n) is 4.22. The number of hydrogen-bond acceptors (Lipinski definition) is 1. The summed E-state index contributed by atoms with van der Waals surface area (Å²) in [5, 5.41) is 8.92. The number of aliphatic hydroxyl groups is 1. The van der Waals surface area contributed by atoms with Gasteiger partial charge in [-0.25, -0.2) is 0 Å². The Morgan fingerprint density at radius 3 is 2.31 bits per heavy atom. The van der Waals surface area contributed by atoms with Crippen LogP contribution in [0.15, 0.2) is 18.2 Å². The third kappa shape index (κ3) is 2.95. The van der Waals surface area contributed by atoms with Crippen molar-refractivity contribution in [2.75, 3.05) is 0 Å². The lowest BCUT2D eigenvalue weighted by Gasteiger charge is -2.20. The van der Waals surface area contributed by atoms with Crippen LogP contribution in [0.1, 0.15) is 31.9 Å². The van der Waals surface area contributed by atoms with Gasteiger partial charge >= 0.3 is 0 Å². The number of hydrogen-bond donors (Lipinski definition) is 1. The van der Waals surface area contributed by atoms with E-state index in [1.54, 1.807) is 0 Å². The third-order valence-corrected chi connectivity index (χ3v) is 2.56. The van der Waals surface area contributed by atoms with Gasteiger partial charge in [-0.3, -0.25) is 0 Å². The second-order valence-corrected chi connectivity index (χ2v) is 5.40. The molecule has 0 aliphatic heterocycles. The summed E-state index contributed by atoms with van der Waals surface area (Å²) >= 11 is 2.26. The Morgan fingerprint density at radius 1 is 1.23 bits per heavy atom. The van der Waals surface area contributed by atoms with Crippen LogP contribution < -0.4 is 0 Å². The maximum atomic E-state index is 8.92. The lowest BCUT2D eigenvalue weighted by Crippen LogP contribution is -2.11. The summed E-state index contributed by atoms with van der Waals surface area (Å²) in [4.78, 5) is 0. The molecule has 0 bridgehead atoms. The Kier molecular flexibility index (Phi) is 3.35. The van der Waals surface area contributed by atoms with Crippen LogP contribution >= 0.6 is 22.6 Å². The van der Waals surface area contributed by atoms with E-state index in [2.05, 4.69) is 49.4 Å². The quantitative estimate of drug-likeness (QED) is 0.785. The standard InChI is InChI=1S/C11H14IO/c1-11(2,3)9-4-8(7-13)5-10(12)6-9/h4-7,13H,1-3H3. The molecule has 0 amide bonds.